The number of nitriles is 1. The number of nitrogens with one attached hydrogen (secondary N) is 1. The molecule has 0 fully saturated rings. The van der Waals surface area contributed by atoms with E-state index < -0.39 is 5.91 Å². The zero-order valence-corrected chi connectivity index (χ0v) is 17.5. The standard InChI is InChI=1S/C22H18ClN3O2S/c1-3-28-19-10-4-15(5-11-19)12-17(13-24)21(27)26-22-25-20(14(2)29-22)16-6-8-18(23)9-7-16/h4-12H,3H2,1-2H3,(H,25,26,27). The molecule has 1 aromatic heterocycles. The maximum Gasteiger partial charge on any atom is 0.268 e. The molecule has 0 radical (unpaired) electrons. The van der Waals surface area contributed by atoms with Crippen molar-refractivity contribution in [2.75, 3.05) is 11.9 Å². The van der Waals surface area contributed by atoms with Crippen LogP contribution in [0.1, 0.15) is 17.4 Å². The molecule has 0 aliphatic carbocycles. The number of aromatic nitrogens is 1. The number of benzene rings is 2. The van der Waals surface area contributed by atoms with Crippen molar-refractivity contribution in [2.24, 2.45) is 0 Å². The molecule has 0 bridgehead atoms. The first-order valence-electron chi connectivity index (χ1n) is 8.89. The molecule has 0 unspecified atom stereocenters. The van der Waals surface area contributed by atoms with Gasteiger partial charge in [-0.25, -0.2) is 4.98 Å². The number of anilines is 1. The van der Waals surface area contributed by atoms with E-state index in [9.17, 15) is 10.1 Å². The summed E-state index contributed by atoms with van der Waals surface area (Å²) in [5.41, 5.74) is 2.41. The summed E-state index contributed by atoms with van der Waals surface area (Å²) in [6.07, 6.45) is 1.53. The number of hydrogen-bond donors (Lipinski definition) is 1. The van der Waals surface area contributed by atoms with Gasteiger partial charge in [0.1, 0.15) is 17.4 Å². The highest BCUT2D eigenvalue weighted by atomic mass is 35.5. The highest BCUT2D eigenvalue weighted by Gasteiger charge is 2.15. The molecule has 7 heteroatoms. The summed E-state index contributed by atoms with van der Waals surface area (Å²) in [6, 6.07) is 16.5. The Hall–Kier alpha value is -3.14. The van der Waals surface area contributed by atoms with E-state index in [1.54, 1.807) is 36.4 Å². The monoisotopic (exact) mass is 423 g/mol. The molecule has 29 heavy (non-hydrogen) atoms. The van der Waals surface area contributed by atoms with Crippen molar-refractivity contribution in [2.45, 2.75) is 13.8 Å². The van der Waals surface area contributed by atoms with Crippen LogP contribution in [0.15, 0.2) is 54.1 Å². The minimum Gasteiger partial charge on any atom is -0.494 e. The van der Waals surface area contributed by atoms with Crippen molar-refractivity contribution in [3.05, 3.63) is 69.6 Å². The molecule has 0 aliphatic rings. The van der Waals surface area contributed by atoms with Gasteiger partial charge in [0.2, 0.25) is 0 Å². The molecule has 2 aromatic carbocycles. The van der Waals surface area contributed by atoms with Crippen LogP contribution >= 0.6 is 22.9 Å². The van der Waals surface area contributed by atoms with E-state index in [-0.39, 0.29) is 5.57 Å². The van der Waals surface area contributed by atoms with E-state index in [1.165, 1.54) is 17.4 Å². The largest absolute Gasteiger partial charge is 0.494 e. The second kappa shape index (κ2) is 9.37. The average molecular weight is 424 g/mol. The molecule has 0 aliphatic heterocycles. The molecule has 1 N–H and O–H groups in total. The van der Waals surface area contributed by atoms with Crippen molar-refractivity contribution in [1.29, 1.82) is 5.26 Å². The predicted octanol–water partition coefficient (Wildman–Crippen LogP) is 5.72. The normalized spacial score (nSPS) is 11.0. The Kier molecular flexibility index (Phi) is 6.65. The van der Waals surface area contributed by atoms with Gasteiger partial charge in [0, 0.05) is 15.5 Å². The molecular formula is C22H18ClN3O2S. The number of amides is 1. The van der Waals surface area contributed by atoms with Crippen LogP contribution in [0, 0.1) is 18.3 Å². The fraction of sp³-hybridized carbons (Fsp3) is 0.136. The lowest BCUT2D eigenvalue weighted by Crippen LogP contribution is -2.13. The predicted molar refractivity (Wildman–Crippen MR) is 117 cm³/mol. The fourth-order valence-corrected chi connectivity index (χ4v) is 3.59. The Balaban J connectivity index is 1.77. The van der Waals surface area contributed by atoms with Crippen LogP contribution in [0.3, 0.4) is 0 Å². The van der Waals surface area contributed by atoms with Gasteiger partial charge in [-0.2, -0.15) is 5.26 Å². The highest BCUT2D eigenvalue weighted by Crippen LogP contribution is 2.31. The number of thiazole rings is 1. The lowest BCUT2D eigenvalue weighted by molar-refractivity contribution is -0.112. The molecule has 0 saturated heterocycles. The van der Waals surface area contributed by atoms with Crippen molar-refractivity contribution in [1.82, 2.24) is 4.98 Å². The summed E-state index contributed by atoms with van der Waals surface area (Å²) in [5, 5.41) is 13.2. The number of rotatable bonds is 6. The Morgan fingerprint density at radius 2 is 1.93 bits per heavy atom. The van der Waals surface area contributed by atoms with Crippen LogP contribution in [0.5, 0.6) is 5.75 Å². The number of aryl methyl sites for hydroxylation is 1. The van der Waals surface area contributed by atoms with Gasteiger partial charge in [-0.1, -0.05) is 35.9 Å². The first-order chi connectivity index (χ1) is 14.0. The van der Waals surface area contributed by atoms with Crippen molar-refractivity contribution in [3.8, 4) is 23.1 Å². The zero-order chi connectivity index (χ0) is 20.8. The quantitative estimate of drug-likeness (QED) is 0.406. The SMILES string of the molecule is CCOc1ccc(C=C(C#N)C(=O)Nc2nc(-c3ccc(Cl)cc3)c(C)s2)cc1. The molecule has 5 nitrogen and oxygen atoms in total. The van der Waals surface area contributed by atoms with Gasteiger partial charge < -0.3 is 4.74 Å². The minimum atomic E-state index is -0.502. The maximum absolute atomic E-state index is 12.5. The van der Waals surface area contributed by atoms with E-state index in [0.29, 0.717) is 16.8 Å². The van der Waals surface area contributed by atoms with Gasteiger partial charge in [-0.15, -0.1) is 11.3 Å². The number of carbonyl (C=O) groups is 1. The third kappa shape index (κ3) is 5.23. The van der Waals surface area contributed by atoms with Crippen LogP contribution in [0.4, 0.5) is 5.13 Å². The lowest BCUT2D eigenvalue weighted by Gasteiger charge is -2.03. The number of carbonyl (C=O) groups excluding carboxylic acids is 1. The minimum absolute atomic E-state index is 0.00458. The molecule has 0 saturated carbocycles. The van der Waals surface area contributed by atoms with E-state index in [4.69, 9.17) is 16.3 Å². The van der Waals surface area contributed by atoms with E-state index in [2.05, 4.69) is 10.3 Å². The molecule has 1 amide bonds. The average Bonchev–Trinajstić information content (AvgIpc) is 3.08. The number of ether oxygens (including phenoxy) is 1. The topological polar surface area (TPSA) is 75.0 Å². The maximum atomic E-state index is 12.5. The Bertz CT molecular complexity index is 1080. The van der Waals surface area contributed by atoms with Gasteiger partial charge in [0.25, 0.3) is 5.91 Å². The zero-order valence-electron chi connectivity index (χ0n) is 15.9. The van der Waals surface area contributed by atoms with E-state index in [0.717, 1.165) is 27.4 Å². The highest BCUT2D eigenvalue weighted by molar-refractivity contribution is 7.16. The molecule has 3 rings (SSSR count). The first-order valence-corrected chi connectivity index (χ1v) is 10.1. The van der Waals surface area contributed by atoms with Crippen LogP contribution < -0.4 is 10.1 Å². The molecule has 3 aromatic rings. The summed E-state index contributed by atoms with van der Waals surface area (Å²) in [4.78, 5) is 18.0. The smallest absolute Gasteiger partial charge is 0.268 e. The second-order valence-electron chi connectivity index (χ2n) is 6.06. The molecule has 146 valence electrons. The number of hydrogen-bond acceptors (Lipinski definition) is 5. The first kappa shape index (κ1) is 20.6. The van der Waals surface area contributed by atoms with Gasteiger partial charge in [-0.05, 0) is 49.8 Å². The Labute approximate surface area is 178 Å². The van der Waals surface area contributed by atoms with Crippen LogP contribution in [0.25, 0.3) is 17.3 Å². The van der Waals surface area contributed by atoms with Crippen LogP contribution in [0.2, 0.25) is 5.02 Å². The third-order valence-electron chi connectivity index (χ3n) is 4.00. The van der Waals surface area contributed by atoms with E-state index >= 15 is 0 Å². The summed E-state index contributed by atoms with van der Waals surface area (Å²) < 4.78 is 5.40. The van der Waals surface area contributed by atoms with Gasteiger partial charge in [-0.3, -0.25) is 10.1 Å². The van der Waals surface area contributed by atoms with Crippen LogP contribution in [-0.2, 0) is 4.79 Å². The van der Waals surface area contributed by atoms with Crippen molar-refractivity contribution < 1.29 is 9.53 Å². The molecule has 0 atom stereocenters. The summed E-state index contributed by atoms with van der Waals surface area (Å²) in [6.45, 7) is 4.41. The van der Waals surface area contributed by atoms with Crippen molar-refractivity contribution >= 4 is 40.1 Å². The second-order valence-corrected chi connectivity index (χ2v) is 7.70. The van der Waals surface area contributed by atoms with Crippen LogP contribution in [-0.4, -0.2) is 17.5 Å². The van der Waals surface area contributed by atoms with E-state index in [1.807, 2.05) is 32.0 Å². The summed E-state index contributed by atoms with van der Waals surface area (Å²) in [7, 11) is 0. The Morgan fingerprint density at radius 3 is 2.55 bits per heavy atom. The molecular weight excluding hydrogens is 406 g/mol. The molecule has 1 heterocycles. The lowest BCUT2D eigenvalue weighted by atomic mass is 10.1. The summed E-state index contributed by atoms with van der Waals surface area (Å²) >= 11 is 7.29. The number of nitrogens with zero attached hydrogens (tertiary/aromatic N) is 2. The summed E-state index contributed by atoms with van der Waals surface area (Å²) in [5.74, 6) is 0.235. The van der Waals surface area contributed by atoms with Gasteiger partial charge in [0.15, 0.2) is 5.13 Å². The van der Waals surface area contributed by atoms with Gasteiger partial charge >= 0.3 is 0 Å². The number of halogens is 1. The van der Waals surface area contributed by atoms with Crippen molar-refractivity contribution in [3.63, 3.8) is 0 Å². The molecule has 0 spiro atoms. The Morgan fingerprint density at radius 1 is 1.24 bits per heavy atom. The van der Waals surface area contributed by atoms with Gasteiger partial charge in [0.05, 0.1) is 12.3 Å². The third-order valence-corrected chi connectivity index (χ3v) is 5.14. The fourth-order valence-electron chi connectivity index (χ4n) is 2.63.